The van der Waals surface area contributed by atoms with Gasteiger partial charge in [0.25, 0.3) is 6.01 Å². The van der Waals surface area contributed by atoms with Gasteiger partial charge >= 0.3 is 0 Å². The summed E-state index contributed by atoms with van der Waals surface area (Å²) < 4.78 is 5.54. The van der Waals surface area contributed by atoms with Gasteiger partial charge < -0.3 is 14.6 Å². The van der Waals surface area contributed by atoms with Crippen molar-refractivity contribution in [1.29, 1.82) is 0 Å². The summed E-state index contributed by atoms with van der Waals surface area (Å²) in [5.74, 6) is 0.735. The topological polar surface area (TPSA) is 41.3 Å². The zero-order valence-corrected chi connectivity index (χ0v) is 10.4. The Labute approximate surface area is 97.0 Å². The van der Waals surface area contributed by atoms with E-state index in [2.05, 4.69) is 36.0 Å². The van der Waals surface area contributed by atoms with Crippen LogP contribution in [-0.4, -0.2) is 24.1 Å². The average molecular weight is 223 g/mol. The van der Waals surface area contributed by atoms with Crippen molar-refractivity contribution in [1.82, 2.24) is 10.3 Å². The largest absolute Gasteiger partial charge is 0.432 e. The van der Waals surface area contributed by atoms with Crippen LogP contribution in [0.3, 0.4) is 0 Å². The predicted octanol–water partition coefficient (Wildman–Crippen LogP) is 2.02. The van der Waals surface area contributed by atoms with Gasteiger partial charge in [-0.25, -0.2) is 0 Å². The summed E-state index contributed by atoms with van der Waals surface area (Å²) in [5, 5.41) is 3.25. The Morgan fingerprint density at radius 3 is 3.00 bits per heavy atom. The lowest BCUT2D eigenvalue weighted by Gasteiger charge is -2.18. The highest BCUT2D eigenvalue weighted by Crippen LogP contribution is 2.27. The molecule has 2 rings (SSSR count). The van der Waals surface area contributed by atoms with Gasteiger partial charge in [-0.2, -0.15) is 4.98 Å². The molecule has 4 heteroatoms. The van der Waals surface area contributed by atoms with Crippen LogP contribution in [0.25, 0.3) is 0 Å². The van der Waals surface area contributed by atoms with Crippen LogP contribution in [0.5, 0.6) is 0 Å². The predicted molar refractivity (Wildman–Crippen MR) is 64.5 cm³/mol. The highest BCUT2D eigenvalue weighted by Gasteiger charge is 2.29. The quantitative estimate of drug-likeness (QED) is 0.848. The van der Waals surface area contributed by atoms with Crippen molar-refractivity contribution in [3.8, 4) is 0 Å². The first-order valence-corrected chi connectivity index (χ1v) is 6.12. The first kappa shape index (κ1) is 11.5. The van der Waals surface area contributed by atoms with Crippen LogP contribution < -0.4 is 10.2 Å². The van der Waals surface area contributed by atoms with Crippen LogP contribution in [-0.2, 0) is 6.54 Å². The molecule has 1 aliphatic rings. The highest BCUT2D eigenvalue weighted by atomic mass is 16.4. The molecule has 1 aliphatic heterocycles. The number of rotatable bonds is 4. The number of aromatic nitrogens is 1. The van der Waals surface area contributed by atoms with Gasteiger partial charge in [0.1, 0.15) is 6.26 Å². The number of hydrogen-bond donors (Lipinski definition) is 1. The molecule has 2 unspecified atom stereocenters. The maximum absolute atomic E-state index is 5.54. The second-order valence-corrected chi connectivity index (χ2v) is 4.74. The third kappa shape index (κ3) is 2.38. The van der Waals surface area contributed by atoms with Gasteiger partial charge in [-0.3, -0.25) is 0 Å². The summed E-state index contributed by atoms with van der Waals surface area (Å²) in [6, 6.07) is 1.32. The standard InChI is InChI=1S/C12H21N3O/c1-4-13-6-11-8-16-12(14-11)15-7-9(2)5-10(15)3/h8-10,13H,4-7H2,1-3H3. The van der Waals surface area contributed by atoms with Crippen molar-refractivity contribution in [3.63, 3.8) is 0 Å². The third-order valence-electron chi connectivity index (χ3n) is 3.13. The van der Waals surface area contributed by atoms with E-state index in [0.29, 0.717) is 6.04 Å². The molecule has 0 radical (unpaired) electrons. The van der Waals surface area contributed by atoms with Crippen LogP contribution in [0.1, 0.15) is 32.9 Å². The Morgan fingerprint density at radius 2 is 2.38 bits per heavy atom. The molecule has 90 valence electrons. The molecule has 0 bridgehead atoms. The van der Waals surface area contributed by atoms with E-state index in [1.807, 2.05) is 0 Å². The Balaban J connectivity index is 2.01. The molecule has 1 aromatic rings. The number of oxazole rings is 1. The van der Waals surface area contributed by atoms with Crippen LogP contribution in [0.2, 0.25) is 0 Å². The molecule has 4 nitrogen and oxygen atoms in total. The zero-order valence-electron chi connectivity index (χ0n) is 10.4. The summed E-state index contributed by atoms with van der Waals surface area (Å²) in [7, 11) is 0. The minimum absolute atomic E-state index is 0.542. The van der Waals surface area contributed by atoms with E-state index in [1.165, 1.54) is 6.42 Å². The highest BCUT2D eigenvalue weighted by molar-refractivity contribution is 5.31. The van der Waals surface area contributed by atoms with E-state index in [9.17, 15) is 0 Å². The van der Waals surface area contributed by atoms with Crippen molar-refractivity contribution in [2.75, 3.05) is 18.0 Å². The second-order valence-electron chi connectivity index (χ2n) is 4.74. The van der Waals surface area contributed by atoms with E-state index in [1.54, 1.807) is 6.26 Å². The summed E-state index contributed by atoms with van der Waals surface area (Å²) in [6.45, 7) is 9.40. The lowest BCUT2D eigenvalue weighted by Crippen LogP contribution is -2.27. The molecule has 0 saturated carbocycles. The molecule has 0 aromatic carbocycles. The molecule has 2 heterocycles. The summed E-state index contributed by atoms with van der Waals surface area (Å²) in [6.07, 6.45) is 2.98. The van der Waals surface area contributed by atoms with Crippen LogP contribution >= 0.6 is 0 Å². The van der Waals surface area contributed by atoms with E-state index in [0.717, 1.165) is 37.3 Å². The normalized spacial score (nSPS) is 25.3. The van der Waals surface area contributed by atoms with Gasteiger partial charge in [-0.1, -0.05) is 13.8 Å². The third-order valence-corrected chi connectivity index (χ3v) is 3.13. The van der Waals surface area contributed by atoms with Gasteiger partial charge in [-0.15, -0.1) is 0 Å². The van der Waals surface area contributed by atoms with Gasteiger partial charge in [0.05, 0.1) is 5.69 Å². The summed E-state index contributed by atoms with van der Waals surface area (Å²) >= 11 is 0. The van der Waals surface area contributed by atoms with Gasteiger partial charge in [0.2, 0.25) is 0 Å². The van der Waals surface area contributed by atoms with Crippen LogP contribution in [0.4, 0.5) is 6.01 Å². The molecule has 1 fully saturated rings. The minimum Gasteiger partial charge on any atom is -0.432 e. The van der Waals surface area contributed by atoms with Crippen LogP contribution in [0, 0.1) is 5.92 Å². The fourth-order valence-electron chi connectivity index (χ4n) is 2.33. The van der Waals surface area contributed by atoms with Gasteiger partial charge in [-0.05, 0) is 25.8 Å². The molecule has 2 atom stereocenters. The van der Waals surface area contributed by atoms with Gasteiger partial charge in [0, 0.05) is 19.1 Å². The molecule has 16 heavy (non-hydrogen) atoms. The molecule has 1 aromatic heterocycles. The van der Waals surface area contributed by atoms with E-state index in [-0.39, 0.29) is 0 Å². The monoisotopic (exact) mass is 223 g/mol. The number of anilines is 1. The molecule has 0 aliphatic carbocycles. The maximum atomic E-state index is 5.54. The van der Waals surface area contributed by atoms with Crippen molar-refractivity contribution < 1.29 is 4.42 Å². The van der Waals surface area contributed by atoms with Crippen molar-refractivity contribution >= 4 is 6.01 Å². The SMILES string of the molecule is CCNCc1coc(N2CC(C)CC2C)n1. The Morgan fingerprint density at radius 1 is 1.56 bits per heavy atom. The second kappa shape index (κ2) is 4.87. The zero-order chi connectivity index (χ0) is 11.5. The van der Waals surface area contributed by atoms with Crippen molar-refractivity contribution in [2.24, 2.45) is 5.92 Å². The fourth-order valence-corrected chi connectivity index (χ4v) is 2.33. The number of hydrogen-bond acceptors (Lipinski definition) is 4. The van der Waals surface area contributed by atoms with Crippen molar-refractivity contribution in [2.45, 2.75) is 39.8 Å². The lowest BCUT2D eigenvalue weighted by atomic mass is 10.1. The smallest absolute Gasteiger partial charge is 0.297 e. The summed E-state index contributed by atoms with van der Waals surface area (Å²) in [4.78, 5) is 6.78. The molecule has 0 amide bonds. The number of nitrogens with one attached hydrogen (secondary N) is 1. The van der Waals surface area contributed by atoms with Crippen molar-refractivity contribution in [3.05, 3.63) is 12.0 Å². The minimum atomic E-state index is 0.542. The first-order valence-electron chi connectivity index (χ1n) is 6.12. The number of nitrogens with zero attached hydrogens (tertiary/aromatic N) is 2. The fraction of sp³-hybridized carbons (Fsp3) is 0.750. The van der Waals surface area contributed by atoms with Gasteiger partial charge in [0.15, 0.2) is 0 Å². The van der Waals surface area contributed by atoms with Crippen LogP contribution in [0.15, 0.2) is 10.7 Å². The molecule has 1 N–H and O–H groups in total. The Hall–Kier alpha value is -1.03. The Bertz CT molecular complexity index is 337. The first-order chi connectivity index (χ1) is 7.70. The van der Waals surface area contributed by atoms with E-state index >= 15 is 0 Å². The maximum Gasteiger partial charge on any atom is 0.297 e. The lowest BCUT2D eigenvalue weighted by molar-refractivity contribution is 0.528. The molecule has 1 saturated heterocycles. The molecule has 0 spiro atoms. The molecular formula is C12H21N3O. The molecular weight excluding hydrogens is 202 g/mol. The average Bonchev–Trinajstić information content (AvgIpc) is 2.82. The van der Waals surface area contributed by atoms with E-state index in [4.69, 9.17) is 4.42 Å². The van der Waals surface area contributed by atoms with E-state index < -0.39 is 0 Å². The Kier molecular flexibility index (Phi) is 3.49. The summed E-state index contributed by atoms with van der Waals surface area (Å²) in [5.41, 5.74) is 0.989.